The van der Waals surface area contributed by atoms with E-state index in [0.29, 0.717) is 44.7 Å². The van der Waals surface area contributed by atoms with E-state index in [2.05, 4.69) is 20.9 Å². The average molecular weight is 710 g/mol. The Bertz CT molecular complexity index is 2050. The van der Waals surface area contributed by atoms with Crippen molar-refractivity contribution in [1.82, 2.24) is 10.3 Å². The first-order chi connectivity index (χ1) is 24.1. The third kappa shape index (κ3) is 9.12. The number of nitro groups is 1. The number of non-ortho nitro benzene ring substituents is 1. The second kappa shape index (κ2) is 16.4. The van der Waals surface area contributed by atoms with Crippen LogP contribution in [0.4, 0.5) is 16.5 Å². The normalized spacial score (nSPS) is 11.6. The molecular formula is C36H31N5O7S2. The summed E-state index contributed by atoms with van der Waals surface area (Å²) in [6.45, 7) is 1.75. The van der Waals surface area contributed by atoms with E-state index >= 15 is 0 Å². The maximum absolute atomic E-state index is 13.5. The summed E-state index contributed by atoms with van der Waals surface area (Å²) in [6, 6.07) is 26.7. The van der Waals surface area contributed by atoms with Gasteiger partial charge in [-0.25, -0.2) is 4.98 Å². The summed E-state index contributed by atoms with van der Waals surface area (Å²) in [5, 5.41) is 21.0. The van der Waals surface area contributed by atoms with Crippen LogP contribution >= 0.6 is 23.1 Å². The van der Waals surface area contributed by atoms with E-state index in [4.69, 9.17) is 9.47 Å². The molecule has 0 bridgehead atoms. The molecule has 0 aliphatic heterocycles. The van der Waals surface area contributed by atoms with Crippen LogP contribution in [0.15, 0.2) is 113 Å². The number of hydrogen-bond acceptors (Lipinski definition) is 10. The van der Waals surface area contributed by atoms with Crippen molar-refractivity contribution in [2.24, 2.45) is 0 Å². The maximum Gasteiger partial charge on any atom is 0.272 e. The number of nitrogens with one attached hydrogen (secondary N) is 3. The maximum atomic E-state index is 13.5. The van der Waals surface area contributed by atoms with Gasteiger partial charge in [-0.1, -0.05) is 30.3 Å². The van der Waals surface area contributed by atoms with Crippen LogP contribution in [0.2, 0.25) is 0 Å². The highest BCUT2D eigenvalue weighted by molar-refractivity contribution is 8.00. The molecular weight excluding hydrogens is 679 g/mol. The van der Waals surface area contributed by atoms with Gasteiger partial charge in [-0.15, -0.1) is 23.1 Å². The van der Waals surface area contributed by atoms with Gasteiger partial charge < -0.3 is 25.4 Å². The summed E-state index contributed by atoms with van der Waals surface area (Å²) in [7, 11) is 3.03. The van der Waals surface area contributed by atoms with Crippen molar-refractivity contribution >= 4 is 63.4 Å². The van der Waals surface area contributed by atoms with Gasteiger partial charge in [-0.3, -0.25) is 24.5 Å². The van der Waals surface area contributed by atoms with E-state index in [-0.39, 0.29) is 17.3 Å². The van der Waals surface area contributed by atoms with E-state index in [1.807, 2.05) is 0 Å². The van der Waals surface area contributed by atoms with Gasteiger partial charge in [-0.05, 0) is 67.6 Å². The molecule has 5 rings (SSSR count). The minimum atomic E-state index is -0.569. The van der Waals surface area contributed by atoms with Gasteiger partial charge in [-0.2, -0.15) is 0 Å². The lowest BCUT2D eigenvalue weighted by Gasteiger charge is -2.14. The van der Waals surface area contributed by atoms with Gasteiger partial charge in [0.15, 0.2) is 5.13 Å². The molecule has 0 fully saturated rings. The number of benzene rings is 4. The summed E-state index contributed by atoms with van der Waals surface area (Å²) >= 11 is 2.53. The quantitative estimate of drug-likeness (QED) is 0.0494. The van der Waals surface area contributed by atoms with Gasteiger partial charge in [0.25, 0.3) is 17.5 Å². The summed E-state index contributed by atoms with van der Waals surface area (Å²) in [5.74, 6) is -0.295. The van der Waals surface area contributed by atoms with E-state index < -0.39 is 22.0 Å². The Morgan fingerprint density at radius 3 is 2.38 bits per heavy atom. The number of rotatable bonds is 13. The van der Waals surface area contributed by atoms with Crippen molar-refractivity contribution in [3.63, 3.8) is 0 Å². The number of thioether (sulfide) groups is 1. The number of methoxy groups -OCH3 is 2. The Balaban J connectivity index is 1.25. The molecule has 12 nitrogen and oxygen atoms in total. The predicted octanol–water partition coefficient (Wildman–Crippen LogP) is 7.26. The third-order valence-corrected chi connectivity index (χ3v) is 9.02. The molecule has 3 N–H and O–H groups in total. The Labute approximate surface area is 295 Å². The van der Waals surface area contributed by atoms with Crippen LogP contribution in [-0.2, 0) is 9.59 Å². The molecule has 1 aromatic heterocycles. The third-order valence-electron chi connectivity index (χ3n) is 7.15. The zero-order valence-electron chi connectivity index (χ0n) is 27.0. The lowest BCUT2D eigenvalue weighted by Crippen LogP contribution is -2.30. The van der Waals surface area contributed by atoms with Crippen molar-refractivity contribution in [3.8, 4) is 22.8 Å². The smallest absolute Gasteiger partial charge is 0.272 e. The first-order valence-corrected chi connectivity index (χ1v) is 16.8. The molecule has 0 aliphatic carbocycles. The standard InChI is InChI=1S/C36H31N5O7S2/c1-22(33(42)40-36-39-31(21-49-36)24-10-7-11-27(18-24)41(45)46)50-29-15-12-26(13-16-29)37-35(44)30(38-34(43)23-8-5-4-6-9-23)20-25-19-28(47-2)14-17-32(25)48-3/h4-22H,1-3H3,(H,37,44)(H,38,43)(H,39,40,42)/b30-20-. The lowest BCUT2D eigenvalue weighted by atomic mass is 10.1. The van der Waals surface area contributed by atoms with Crippen molar-refractivity contribution in [1.29, 1.82) is 0 Å². The minimum absolute atomic E-state index is 0.0232. The van der Waals surface area contributed by atoms with Crippen LogP contribution < -0.4 is 25.4 Å². The number of aromatic nitrogens is 1. The van der Waals surface area contributed by atoms with E-state index in [1.54, 1.807) is 97.2 Å². The first kappa shape index (κ1) is 35.3. The molecule has 1 heterocycles. The number of hydrogen-bond donors (Lipinski definition) is 3. The zero-order chi connectivity index (χ0) is 35.6. The number of nitrogens with zero attached hydrogens (tertiary/aromatic N) is 2. The second-order valence-corrected chi connectivity index (χ2v) is 12.8. The molecule has 0 radical (unpaired) electrons. The SMILES string of the molecule is COc1ccc(OC)c(/C=C(\NC(=O)c2ccccc2)C(=O)Nc2ccc(SC(C)C(=O)Nc3nc(-c4cccc([N+](=O)[O-])c4)cs3)cc2)c1. The topological polar surface area (TPSA) is 162 Å². The number of carbonyl (C=O) groups is 3. The number of ether oxygens (including phenoxy) is 2. The number of anilines is 2. The molecule has 50 heavy (non-hydrogen) atoms. The minimum Gasteiger partial charge on any atom is -0.497 e. The van der Waals surface area contributed by atoms with Crippen molar-refractivity contribution in [2.75, 3.05) is 24.9 Å². The highest BCUT2D eigenvalue weighted by Crippen LogP contribution is 2.30. The van der Waals surface area contributed by atoms with E-state index in [0.717, 1.165) is 4.90 Å². The van der Waals surface area contributed by atoms with Gasteiger partial charge in [0.2, 0.25) is 5.91 Å². The Hall–Kier alpha value is -5.99. The Morgan fingerprint density at radius 2 is 1.68 bits per heavy atom. The molecule has 1 unspecified atom stereocenters. The number of amides is 3. The molecule has 1 atom stereocenters. The van der Waals surface area contributed by atoms with E-state index in [9.17, 15) is 24.5 Å². The summed E-state index contributed by atoms with van der Waals surface area (Å²) in [4.78, 5) is 55.4. The van der Waals surface area contributed by atoms with Crippen LogP contribution in [0, 0.1) is 10.1 Å². The van der Waals surface area contributed by atoms with Crippen molar-refractivity contribution in [3.05, 3.63) is 129 Å². The Kier molecular flexibility index (Phi) is 11.6. The molecule has 5 aromatic rings. The van der Waals surface area contributed by atoms with Crippen molar-refractivity contribution < 1.29 is 28.8 Å². The fraction of sp³-hybridized carbons (Fsp3) is 0.111. The summed E-state index contributed by atoms with van der Waals surface area (Å²) < 4.78 is 10.8. The van der Waals surface area contributed by atoms with Gasteiger partial charge in [0, 0.05) is 44.8 Å². The lowest BCUT2D eigenvalue weighted by molar-refractivity contribution is -0.384. The molecule has 0 saturated heterocycles. The first-order valence-electron chi connectivity index (χ1n) is 15.0. The highest BCUT2D eigenvalue weighted by atomic mass is 32.2. The fourth-order valence-electron chi connectivity index (χ4n) is 4.57. The number of carbonyl (C=O) groups excluding carboxylic acids is 3. The fourth-order valence-corrected chi connectivity index (χ4v) is 6.16. The second-order valence-electron chi connectivity index (χ2n) is 10.6. The molecule has 0 aliphatic rings. The summed E-state index contributed by atoms with van der Waals surface area (Å²) in [6.07, 6.45) is 1.51. The van der Waals surface area contributed by atoms with Gasteiger partial charge in [0.05, 0.1) is 30.1 Å². The number of thiazole rings is 1. The molecule has 14 heteroatoms. The monoisotopic (exact) mass is 709 g/mol. The average Bonchev–Trinajstić information content (AvgIpc) is 3.60. The van der Waals surface area contributed by atoms with Gasteiger partial charge >= 0.3 is 0 Å². The molecule has 254 valence electrons. The van der Waals surface area contributed by atoms with Crippen molar-refractivity contribution in [2.45, 2.75) is 17.1 Å². The van der Waals surface area contributed by atoms with Crippen LogP contribution in [0.25, 0.3) is 17.3 Å². The largest absolute Gasteiger partial charge is 0.497 e. The van der Waals surface area contributed by atoms with Gasteiger partial charge in [0.1, 0.15) is 17.2 Å². The van der Waals surface area contributed by atoms with E-state index in [1.165, 1.54) is 55.5 Å². The molecule has 0 saturated carbocycles. The van der Waals surface area contributed by atoms with Crippen LogP contribution in [0.1, 0.15) is 22.8 Å². The molecule has 3 amide bonds. The van der Waals surface area contributed by atoms with Crippen LogP contribution in [-0.4, -0.2) is 47.1 Å². The predicted molar refractivity (Wildman–Crippen MR) is 195 cm³/mol. The Morgan fingerprint density at radius 1 is 0.920 bits per heavy atom. The molecule has 4 aromatic carbocycles. The number of nitro benzene ring substituents is 1. The summed E-state index contributed by atoms with van der Waals surface area (Å²) in [5.41, 5.74) is 2.38. The van der Waals surface area contributed by atoms with Crippen LogP contribution in [0.5, 0.6) is 11.5 Å². The zero-order valence-corrected chi connectivity index (χ0v) is 28.7. The highest BCUT2D eigenvalue weighted by Gasteiger charge is 2.19. The molecule has 0 spiro atoms. The van der Waals surface area contributed by atoms with Crippen LogP contribution in [0.3, 0.4) is 0 Å².